The average molecular weight is 285 g/mol. The Hall–Kier alpha value is -2.69. The van der Waals surface area contributed by atoms with E-state index >= 15 is 0 Å². The van der Waals surface area contributed by atoms with Crippen LogP contribution >= 0.6 is 0 Å². The summed E-state index contributed by atoms with van der Waals surface area (Å²) >= 11 is 0. The SMILES string of the molecule is COc1ccc2c(c1)Oc1ccc(C(=O)O)cc1NC2C. The van der Waals surface area contributed by atoms with Gasteiger partial charge in [0.05, 0.1) is 24.4 Å². The first-order chi connectivity index (χ1) is 10.1. The van der Waals surface area contributed by atoms with E-state index < -0.39 is 5.97 Å². The highest BCUT2D eigenvalue weighted by atomic mass is 16.5. The van der Waals surface area contributed by atoms with Gasteiger partial charge in [0.25, 0.3) is 0 Å². The summed E-state index contributed by atoms with van der Waals surface area (Å²) in [5.41, 5.74) is 1.88. The van der Waals surface area contributed by atoms with Crippen LogP contribution in [-0.4, -0.2) is 18.2 Å². The molecule has 2 N–H and O–H groups in total. The summed E-state index contributed by atoms with van der Waals surface area (Å²) in [6.45, 7) is 2.00. The lowest BCUT2D eigenvalue weighted by molar-refractivity contribution is 0.0697. The van der Waals surface area contributed by atoms with Gasteiger partial charge in [0.2, 0.25) is 0 Å². The number of carboxylic acids is 1. The van der Waals surface area contributed by atoms with Crippen molar-refractivity contribution < 1.29 is 19.4 Å². The lowest BCUT2D eigenvalue weighted by Gasteiger charge is -2.14. The maximum absolute atomic E-state index is 11.1. The van der Waals surface area contributed by atoms with Gasteiger partial charge < -0.3 is 19.9 Å². The fraction of sp³-hybridized carbons (Fsp3) is 0.188. The summed E-state index contributed by atoms with van der Waals surface area (Å²) in [5.74, 6) is 1.05. The molecule has 5 heteroatoms. The number of aromatic carboxylic acids is 1. The van der Waals surface area contributed by atoms with Gasteiger partial charge in [-0.05, 0) is 37.3 Å². The zero-order chi connectivity index (χ0) is 15.0. The summed E-state index contributed by atoms with van der Waals surface area (Å²) in [5, 5.41) is 12.4. The van der Waals surface area contributed by atoms with E-state index in [-0.39, 0.29) is 11.6 Å². The van der Waals surface area contributed by atoms with Crippen LogP contribution in [0.5, 0.6) is 17.2 Å². The molecule has 21 heavy (non-hydrogen) atoms. The Morgan fingerprint density at radius 3 is 2.76 bits per heavy atom. The van der Waals surface area contributed by atoms with Gasteiger partial charge in [-0.2, -0.15) is 0 Å². The van der Waals surface area contributed by atoms with Crippen LogP contribution in [0.1, 0.15) is 28.9 Å². The monoisotopic (exact) mass is 285 g/mol. The van der Waals surface area contributed by atoms with Crippen molar-refractivity contribution in [3.05, 3.63) is 47.5 Å². The van der Waals surface area contributed by atoms with Gasteiger partial charge in [-0.25, -0.2) is 4.79 Å². The van der Waals surface area contributed by atoms with Crippen molar-refractivity contribution in [2.75, 3.05) is 12.4 Å². The number of carbonyl (C=O) groups is 1. The van der Waals surface area contributed by atoms with Crippen LogP contribution in [0.3, 0.4) is 0 Å². The summed E-state index contributed by atoms with van der Waals surface area (Å²) in [7, 11) is 1.60. The van der Waals surface area contributed by atoms with Crippen molar-refractivity contribution in [2.45, 2.75) is 13.0 Å². The number of hydrogen-bond acceptors (Lipinski definition) is 4. The molecule has 1 unspecified atom stereocenters. The molecule has 1 aliphatic heterocycles. The number of fused-ring (bicyclic) bond motifs is 2. The predicted molar refractivity (Wildman–Crippen MR) is 78.5 cm³/mol. The van der Waals surface area contributed by atoms with Crippen LogP contribution in [0, 0.1) is 0 Å². The molecule has 1 heterocycles. The molecule has 0 radical (unpaired) electrons. The van der Waals surface area contributed by atoms with E-state index in [0.717, 1.165) is 5.56 Å². The van der Waals surface area contributed by atoms with Gasteiger partial charge in [0.1, 0.15) is 11.5 Å². The summed E-state index contributed by atoms with van der Waals surface area (Å²) in [6.07, 6.45) is 0. The molecule has 0 fully saturated rings. The molecule has 0 saturated heterocycles. The molecule has 1 aliphatic rings. The predicted octanol–water partition coefficient (Wildman–Crippen LogP) is 3.67. The van der Waals surface area contributed by atoms with Crippen molar-refractivity contribution >= 4 is 11.7 Å². The Morgan fingerprint density at radius 1 is 1.24 bits per heavy atom. The van der Waals surface area contributed by atoms with Crippen molar-refractivity contribution in [1.82, 2.24) is 0 Å². The molecule has 1 atom stereocenters. The Kier molecular flexibility index (Phi) is 3.17. The third-order valence-electron chi connectivity index (χ3n) is 3.51. The lowest BCUT2D eigenvalue weighted by Crippen LogP contribution is -2.06. The van der Waals surface area contributed by atoms with E-state index in [1.807, 2.05) is 25.1 Å². The maximum atomic E-state index is 11.1. The van der Waals surface area contributed by atoms with Crippen molar-refractivity contribution in [2.24, 2.45) is 0 Å². The van der Waals surface area contributed by atoms with E-state index in [4.69, 9.17) is 14.6 Å². The zero-order valence-corrected chi connectivity index (χ0v) is 11.7. The van der Waals surface area contributed by atoms with Gasteiger partial charge in [0.15, 0.2) is 5.75 Å². The molecule has 2 aromatic carbocycles. The van der Waals surface area contributed by atoms with Crippen molar-refractivity contribution in [1.29, 1.82) is 0 Å². The minimum atomic E-state index is -0.962. The van der Waals surface area contributed by atoms with Gasteiger partial charge >= 0.3 is 5.97 Å². The Bertz CT molecular complexity index is 711. The topological polar surface area (TPSA) is 67.8 Å². The lowest BCUT2D eigenvalue weighted by atomic mass is 10.1. The van der Waals surface area contributed by atoms with Crippen LogP contribution < -0.4 is 14.8 Å². The standard InChI is InChI=1S/C16H15NO4/c1-9-12-5-4-11(20-2)8-15(12)21-14-6-3-10(16(18)19)7-13(14)17-9/h3-9,17H,1-2H3,(H,18,19). The quantitative estimate of drug-likeness (QED) is 0.881. The number of ether oxygens (including phenoxy) is 2. The Morgan fingerprint density at radius 2 is 2.05 bits per heavy atom. The van der Waals surface area contributed by atoms with E-state index in [0.29, 0.717) is 22.9 Å². The molecule has 0 aliphatic carbocycles. The van der Waals surface area contributed by atoms with Crippen LogP contribution in [0.25, 0.3) is 0 Å². The number of hydrogen-bond donors (Lipinski definition) is 2. The van der Waals surface area contributed by atoms with Crippen LogP contribution in [0.15, 0.2) is 36.4 Å². The first-order valence-corrected chi connectivity index (χ1v) is 6.58. The number of anilines is 1. The van der Waals surface area contributed by atoms with Crippen molar-refractivity contribution in [3.8, 4) is 17.2 Å². The highest BCUT2D eigenvalue weighted by Gasteiger charge is 2.21. The Balaban J connectivity index is 2.07. The molecule has 2 aromatic rings. The van der Waals surface area contributed by atoms with Gasteiger partial charge in [-0.15, -0.1) is 0 Å². The Labute approximate surface area is 122 Å². The fourth-order valence-electron chi connectivity index (χ4n) is 2.38. The highest BCUT2D eigenvalue weighted by Crippen LogP contribution is 2.41. The molecule has 0 bridgehead atoms. The third kappa shape index (κ3) is 2.38. The fourth-order valence-corrected chi connectivity index (χ4v) is 2.38. The molecule has 0 saturated carbocycles. The second-order valence-corrected chi connectivity index (χ2v) is 4.89. The zero-order valence-electron chi connectivity index (χ0n) is 11.7. The second-order valence-electron chi connectivity index (χ2n) is 4.89. The highest BCUT2D eigenvalue weighted by molar-refractivity contribution is 5.89. The van der Waals surface area contributed by atoms with E-state index in [9.17, 15) is 4.79 Å². The van der Waals surface area contributed by atoms with Crippen LogP contribution in [0.4, 0.5) is 5.69 Å². The molecule has 108 valence electrons. The van der Waals surface area contributed by atoms with Gasteiger partial charge in [-0.3, -0.25) is 0 Å². The molecular weight excluding hydrogens is 270 g/mol. The number of carboxylic acid groups (broad SMARTS) is 1. The summed E-state index contributed by atoms with van der Waals surface area (Å²) in [4.78, 5) is 11.1. The summed E-state index contributed by atoms with van der Waals surface area (Å²) < 4.78 is 11.1. The van der Waals surface area contributed by atoms with E-state index in [2.05, 4.69) is 5.32 Å². The first kappa shape index (κ1) is 13.3. The van der Waals surface area contributed by atoms with E-state index in [1.165, 1.54) is 6.07 Å². The summed E-state index contributed by atoms with van der Waals surface area (Å²) in [6, 6.07) is 10.4. The van der Waals surface area contributed by atoms with E-state index in [1.54, 1.807) is 19.2 Å². The number of nitrogens with one attached hydrogen (secondary N) is 1. The second kappa shape index (κ2) is 5.01. The number of methoxy groups -OCH3 is 1. The minimum absolute atomic E-state index is 0.00352. The van der Waals surface area contributed by atoms with Crippen molar-refractivity contribution in [3.63, 3.8) is 0 Å². The molecule has 0 aromatic heterocycles. The largest absolute Gasteiger partial charge is 0.497 e. The molecule has 0 spiro atoms. The third-order valence-corrected chi connectivity index (χ3v) is 3.51. The average Bonchev–Trinajstić information content (AvgIpc) is 2.61. The van der Waals surface area contributed by atoms with Crippen LogP contribution in [-0.2, 0) is 0 Å². The molecule has 5 nitrogen and oxygen atoms in total. The normalized spacial score (nSPS) is 15.8. The molecule has 0 amide bonds. The maximum Gasteiger partial charge on any atom is 0.335 e. The molecule has 3 rings (SSSR count). The van der Waals surface area contributed by atoms with Gasteiger partial charge in [-0.1, -0.05) is 0 Å². The molecular formula is C16H15NO4. The van der Waals surface area contributed by atoms with Gasteiger partial charge in [0, 0.05) is 11.6 Å². The minimum Gasteiger partial charge on any atom is -0.497 e. The van der Waals surface area contributed by atoms with Crippen LogP contribution in [0.2, 0.25) is 0 Å². The smallest absolute Gasteiger partial charge is 0.335 e. The number of rotatable bonds is 2. The number of benzene rings is 2. The first-order valence-electron chi connectivity index (χ1n) is 6.58.